The van der Waals surface area contributed by atoms with Gasteiger partial charge in [0, 0.05) is 29.2 Å². The van der Waals surface area contributed by atoms with E-state index in [1.165, 1.54) is 11.2 Å². The molecule has 1 saturated heterocycles. The van der Waals surface area contributed by atoms with Gasteiger partial charge in [0.1, 0.15) is 11.5 Å². The molecule has 4 heterocycles. The minimum atomic E-state index is 0.499. The largest absolute Gasteiger partial charge is 0.353 e. The van der Waals surface area contributed by atoms with Gasteiger partial charge in [0.25, 0.3) is 0 Å². The molecule has 0 amide bonds. The number of likely N-dealkylation sites (tertiary alicyclic amines) is 1. The van der Waals surface area contributed by atoms with Gasteiger partial charge >= 0.3 is 0 Å². The summed E-state index contributed by atoms with van der Waals surface area (Å²) in [4.78, 5) is 15.6. The molecule has 0 aliphatic carbocycles. The van der Waals surface area contributed by atoms with Crippen molar-refractivity contribution >= 4 is 16.4 Å². The Morgan fingerprint density at radius 1 is 1.06 bits per heavy atom. The third-order valence-corrected chi connectivity index (χ3v) is 5.92. The van der Waals surface area contributed by atoms with Crippen molar-refractivity contribution in [2.75, 3.05) is 20.1 Å². The molecule has 5 heteroatoms. The number of aryl methyl sites for hydroxylation is 1. The van der Waals surface area contributed by atoms with E-state index in [0.29, 0.717) is 5.92 Å². The third-order valence-electron chi connectivity index (χ3n) is 5.92. The zero-order valence-corrected chi connectivity index (χ0v) is 24.2. The molecule has 3 aromatic heterocycles. The number of imidazole rings is 1. The monoisotopic (exact) mass is 491 g/mol. The van der Waals surface area contributed by atoms with Gasteiger partial charge in [-0.1, -0.05) is 72.7 Å². The van der Waals surface area contributed by atoms with Gasteiger partial charge in [0.15, 0.2) is 0 Å². The predicted molar refractivity (Wildman–Crippen MR) is 159 cm³/mol. The van der Waals surface area contributed by atoms with Crippen LogP contribution in [-0.4, -0.2) is 44.4 Å². The van der Waals surface area contributed by atoms with Crippen LogP contribution < -0.4 is 0 Å². The first-order chi connectivity index (χ1) is 17.6. The SMILES string of the molecule is C=CCC.CC.CC.CC.Cc1nccn2c(C3CCN(C)CC3)nc(-c3cc4ccccc4[nH]3)c12. The molecule has 5 nitrogen and oxygen atoms in total. The topological polar surface area (TPSA) is 49.2 Å². The Bertz CT molecular complexity index is 1110. The Labute approximate surface area is 219 Å². The number of aromatic amines is 1. The van der Waals surface area contributed by atoms with Crippen LogP contribution in [0.15, 0.2) is 55.4 Å². The molecule has 198 valence electrons. The highest BCUT2D eigenvalue weighted by molar-refractivity contribution is 5.89. The summed E-state index contributed by atoms with van der Waals surface area (Å²) < 4.78 is 2.26. The number of hydrogen-bond donors (Lipinski definition) is 1. The quantitative estimate of drug-likeness (QED) is 0.292. The van der Waals surface area contributed by atoms with E-state index in [2.05, 4.69) is 83.3 Å². The number of hydrogen-bond acceptors (Lipinski definition) is 3. The maximum absolute atomic E-state index is 5.14. The van der Waals surface area contributed by atoms with Gasteiger partial charge in [-0.05, 0) is 58.5 Å². The second kappa shape index (κ2) is 16.7. The second-order valence-corrected chi connectivity index (χ2v) is 8.09. The van der Waals surface area contributed by atoms with Crippen molar-refractivity contribution in [1.29, 1.82) is 0 Å². The van der Waals surface area contributed by atoms with Gasteiger partial charge in [0.2, 0.25) is 0 Å². The summed E-state index contributed by atoms with van der Waals surface area (Å²) in [5.41, 5.74) is 5.37. The average molecular weight is 492 g/mol. The molecule has 4 aromatic rings. The summed E-state index contributed by atoms with van der Waals surface area (Å²) in [5.74, 6) is 1.67. The maximum Gasteiger partial charge on any atom is 0.117 e. The fourth-order valence-corrected chi connectivity index (χ4v) is 4.16. The van der Waals surface area contributed by atoms with Gasteiger partial charge in [-0.15, -0.1) is 6.58 Å². The molecular weight excluding hydrogens is 442 g/mol. The Hall–Kier alpha value is -2.92. The number of benzene rings is 1. The van der Waals surface area contributed by atoms with Gasteiger partial charge in [-0.2, -0.15) is 0 Å². The first-order valence-corrected chi connectivity index (χ1v) is 13.8. The summed E-state index contributed by atoms with van der Waals surface area (Å²) in [7, 11) is 2.20. The van der Waals surface area contributed by atoms with E-state index in [1.807, 2.05) is 53.8 Å². The van der Waals surface area contributed by atoms with E-state index < -0.39 is 0 Å². The van der Waals surface area contributed by atoms with Crippen molar-refractivity contribution in [2.45, 2.75) is 80.6 Å². The molecule has 5 rings (SSSR count). The molecule has 0 saturated carbocycles. The molecule has 1 aromatic carbocycles. The van der Waals surface area contributed by atoms with Crippen LogP contribution in [0, 0.1) is 6.92 Å². The van der Waals surface area contributed by atoms with Crippen LogP contribution >= 0.6 is 0 Å². The van der Waals surface area contributed by atoms with Crippen LogP contribution in [0.3, 0.4) is 0 Å². The average Bonchev–Trinajstić information content (AvgIpc) is 3.55. The van der Waals surface area contributed by atoms with E-state index in [9.17, 15) is 0 Å². The van der Waals surface area contributed by atoms with Crippen LogP contribution in [0.25, 0.3) is 27.8 Å². The molecule has 0 radical (unpaired) electrons. The smallest absolute Gasteiger partial charge is 0.117 e. The standard InChI is InChI=1S/C21H23N5.C4H8.3C2H6/c1-14-20-19(18-13-16-5-3-4-6-17(16)23-18)24-21(26(20)12-9-22-14)15-7-10-25(2)11-8-15;1-3-4-2;3*1-2/h3-6,9,12-13,15,23H,7-8,10-11H2,1-2H3;3H,1,4H2,2H3;3*1-2H3. The first kappa shape index (κ1) is 31.1. The van der Waals surface area contributed by atoms with Crippen molar-refractivity contribution < 1.29 is 0 Å². The van der Waals surface area contributed by atoms with Crippen LogP contribution in [-0.2, 0) is 0 Å². The molecule has 1 N–H and O–H groups in total. The number of allylic oxidation sites excluding steroid dienone is 1. The van der Waals surface area contributed by atoms with Crippen molar-refractivity contribution in [3.8, 4) is 11.4 Å². The lowest BCUT2D eigenvalue weighted by Gasteiger charge is -2.28. The molecule has 1 aliphatic heterocycles. The minimum absolute atomic E-state index is 0.499. The number of piperidine rings is 1. The number of H-pyrrole nitrogens is 1. The Kier molecular flexibility index (Phi) is 14.4. The number of rotatable bonds is 3. The fraction of sp³-hybridized carbons (Fsp3) is 0.484. The van der Waals surface area contributed by atoms with E-state index >= 15 is 0 Å². The summed E-state index contributed by atoms with van der Waals surface area (Å²) >= 11 is 0. The number of para-hydroxylation sites is 1. The summed E-state index contributed by atoms with van der Waals surface area (Å²) in [6.07, 6.45) is 9.22. The van der Waals surface area contributed by atoms with Gasteiger partial charge in [-0.3, -0.25) is 9.38 Å². The third kappa shape index (κ3) is 7.54. The summed E-state index contributed by atoms with van der Waals surface area (Å²) in [5, 5.41) is 1.21. The molecule has 0 bridgehead atoms. The molecule has 1 aliphatic rings. The van der Waals surface area contributed by atoms with E-state index in [0.717, 1.165) is 60.5 Å². The van der Waals surface area contributed by atoms with Crippen LogP contribution in [0.5, 0.6) is 0 Å². The fourth-order valence-electron chi connectivity index (χ4n) is 4.16. The van der Waals surface area contributed by atoms with Gasteiger partial charge < -0.3 is 9.88 Å². The lowest BCUT2D eigenvalue weighted by Crippen LogP contribution is -2.29. The number of fused-ring (bicyclic) bond motifs is 2. The Morgan fingerprint density at radius 2 is 1.67 bits per heavy atom. The normalized spacial score (nSPS) is 13.2. The highest BCUT2D eigenvalue weighted by atomic mass is 15.1. The molecule has 0 atom stereocenters. The van der Waals surface area contributed by atoms with Crippen molar-refractivity contribution in [1.82, 2.24) is 24.3 Å². The summed E-state index contributed by atoms with van der Waals surface area (Å²) in [6, 6.07) is 10.6. The lowest BCUT2D eigenvalue weighted by atomic mass is 9.96. The van der Waals surface area contributed by atoms with Gasteiger partial charge in [0.05, 0.1) is 16.9 Å². The number of nitrogens with zero attached hydrogens (tertiary/aromatic N) is 4. The molecule has 0 spiro atoms. The van der Waals surface area contributed by atoms with Crippen molar-refractivity contribution in [3.05, 3.63) is 66.9 Å². The number of nitrogens with one attached hydrogen (secondary N) is 1. The van der Waals surface area contributed by atoms with E-state index in [-0.39, 0.29) is 0 Å². The van der Waals surface area contributed by atoms with Crippen molar-refractivity contribution in [3.63, 3.8) is 0 Å². The predicted octanol–water partition coefficient (Wildman–Crippen LogP) is 8.66. The van der Waals surface area contributed by atoms with Crippen molar-refractivity contribution in [2.24, 2.45) is 0 Å². The molecular formula is C31H49N5. The number of aromatic nitrogens is 4. The molecule has 1 fully saturated rings. The highest BCUT2D eigenvalue weighted by Crippen LogP contribution is 2.34. The van der Waals surface area contributed by atoms with Crippen LogP contribution in [0.4, 0.5) is 0 Å². The van der Waals surface area contributed by atoms with E-state index in [1.54, 1.807) is 0 Å². The van der Waals surface area contributed by atoms with Gasteiger partial charge in [-0.25, -0.2) is 4.98 Å². The maximum atomic E-state index is 5.14. The Morgan fingerprint density at radius 3 is 2.25 bits per heavy atom. The zero-order valence-electron chi connectivity index (χ0n) is 24.2. The first-order valence-electron chi connectivity index (χ1n) is 13.8. The summed E-state index contributed by atoms with van der Waals surface area (Å²) in [6.45, 7) is 21.9. The zero-order chi connectivity index (χ0) is 27.1. The van der Waals surface area contributed by atoms with E-state index in [4.69, 9.17) is 4.98 Å². The van der Waals surface area contributed by atoms with Crippen LogP contribution in [0.2, 0.25) is 0 Å². The molecule has 0 unspecified atom stereocenters. The highest BCUT2D eigenvalue weighted by Gasteiger charge is 2.25. The Balaban J connectivity index is 0.000000573. The van der Waals surface area contributed by atoms with Crippen LogP contribution in [0.1, 0.15) is 85.2 Å². The second-order valence-electron chi connectivity index (χ2n) is 8.09. The minimum Gasteiger partial charge on any atom is -0.353 e. The molecule has 36 heavy (non-hydrogen) atoms. The lowest BCUT2D eigenvalue weighted by molar-refractivity contribution is 0.251.